The van der Waals surface area contributed by atoms with Gasteiger partial charge in [-0.15, -0.1) is 0 Å². The lowest BCUT2D eigenvalue weighted by Crippen LogP contribution is -2.35. The number of aliphatic hydroxyl groups excluding tert-OH is 1. The number of hydrogen-bond donors (Lipinski definition) is 1. The molecule has 1 fully saturated rings. The van der Waals surface area contributed by atoms with Crippen LogP contribution in [0.15, 0.2) is 24.4 Å². The van der Waals surface area contributed by atoms with Crippen molar-refractivity contribution in [3.63, 3.8) is 0 Å². The number of carbonyl (C=O) groups excluding carboxylic acids is 1. The van der Waals surface area contributed by atoms with Crippen LogP contribution in [0.25, 0.3) is 0 Å². The lowest BCUT2D eigenvalue weighted by Gasteiger charge is -2.24. The molecule has 0 bridgehead atoms. The van der Waals surface area contributed by atoms with Crippen molar-refractivity contribution in [1.29, 1.82) is 0 Å². The van der Waals surface area contributed by atoms with Crippen LogP contribution in [0.1, 0.15) is 32.4 Å². The Hall–Kier alpha value is -1.62. The van der Waals surface area contributed by atoms with E-state index in [2.05, 4.69) is 4.98 Å². The first-order valence-corrected chi connectivity index (χ1v) is 6.90. The average Bonchev–Trinajstić information content (AvgIpc) is 2.82. The number of rotatable bonds is 2. The molecule has 1 aliphatic heterocycles. The maximum Gasteiger partial charge on any atom is 0.410 e. The van der Waals surface area contributed by atoms with Gasteiger partial charge in [-0.3, -0.25) is 4.98 Å². The van der Waals surface area contributed by atoms with Crippen molar-refractivity contribution in [2.75, 3.05) is 19.7 Å². The fourth-order valence-corrected chi connectivity index (χ4v) is 2.46. The fraction of sp³-hybridized carbons (Fsp3) is 0.600. The number of carbonyl (C=O) groups is 1. The first kappa shape index (κ1) is 14.8. The Kier molecular flexibility index (Phi) is 4.28. The van der Waals surface area contributed by atoms with E-state index in [1.54, 1.807) is 11.1 Å². The van der Waals surface area contributed by atoms with E-state index < -0.39 is 5.60 Å². The normalized spacial score (nSPS) is 22.9. The second-order valence-corrected chi connectivity index (χ2v) is 6.19. The largest absolute Gasteiger partial charge is 0.444 e. The summed E-state index contributed by atoms with van der Waals surface area (Å²) >= 11 is 0. The van der Waals surface area contributed by atoms with Crippen LogP contribution in [0.2, 0.25) is 0 Å². The SMILES string of the molecule is CC(C)(C)OC(=O)N1C[C@H](CO)[C@H](c2ccccn2)C1. The topological polar surface area (TPSA) is 62.7 Å². The van der Waals surface area contributed by atoms with Crippen LogP contribution >= 0.6 is 0 Å². The molecule has 0 unspecified atom stereocenters. The number of ether oxygens (including phenoxy) is 1. The highest BCUT2D eigenvalue weighted by molar-refractivity contribution is 5.68. The molecule has 110 valence electrons. The molecule has 20 heavy (non-hydrogen) atoms. The number of aromatic nitrogens is 1. The van der Waals surface area contributed by atoms with Gasteiger partial charge in [0.05, 0.1) is 0 Å². The summed E-state index contributed by atoms with van der Waals surface area (Å²) in [7, 11) is 0. The Morgan fingerprint density at radius 1 is 1.45 bits per heavy atom. The second kappa shape index (κ2) is 5.79. The summed E-state index contributed by atoms with van der Waals surface area (Å²) in [6.07, 6.45) is 1.41. The first-order chi connectivity index (χ1) is 9.40. The highest BCUT2D eigenvalue weighted by atomic mass is 16.6. The molecule has 0 radical (unpaired) electrons. The minimum absolute atomic E-state index is 0.0115. The summed E-state index contributed by atoms with van der Waals surface area (Å²) in [6.45, 7) is 6.63. The lowest BCUT2D eigenvalue weighted by atomic mass is 9.93. The molecule has 1 aliphatic rings. The summed E-state index contributed by atoms with van der Waals surface area (Å²) in [5, 5.41) is 9.52. The molecule has 1 saturated heterocycles. The third-order valence-corrected chi connectivity index (χ3v) is 3.39. The van der Waals surface area contributed by atoms with E-state index in [1.165, 1.54) is 0 Å². The minimum atomic E-state index is -0.505. The molecule has 0 aromatic carbocycles. The second-order valence-electron chi connectivity index (χ2n) is 6.19. The summed E-state index contributed by atoms with van der Waals surface area (Å²) in [5.74, 6) is 0.0751. The molecule has 2 heterocycles. The maximum absolute atomic E-state index is 12.1. The molecule has 1 aromatic rings. The van der Waals surface area contributed by atoms with Gasteiger partial charge in [-0.2, -0.15) is 0 Å². The lowest BCUT2D eigenvalue weighted by molar-refractivity contribution is 0.0283. The van der Waals surface area contributed by atoms with Gasteiger partial charge < -0.3 is 14.7 Å². The van der Waals surface area contributed by atoms with Crippen molar-refractivity contribution in [1.82, 2.24) is 9.88 Å². The van der Waals surface area contributed by atoms with Gasteiger partial charge >= 0.3 is 6.09 Å². The number of nitrogens with zero attached hydrogens (tertiary/aromatic N) is 2. The fourth-order valence-electron chi connectivity index (χ4n) is 2.46. The van der Waals surface area contributed by atoms with Gasteiger partial charge in [0.15, 0.2) is 0 Å². The Labute approximate surface area is 119 Å². The molecule has 0 spiro atoms. The number of pyridine rings is 1. The Morgan fingerprint density at radius 2 is 2.20 bits per heavy atom. The minimum Gasteiger partial charge on any atom is -0.444 e. The van der Waals surface area contributed by atoms with Crippen LogP contribution in [0.3, 0.4) is 0 Å². The Bertz CT molecular complexity index is 456. The zero-order valence-corrected chi connectivity index (χ0v) is 12.2. The first-order valence-electron chi connectivity index (χ1n) is 6.90. The molecule has 0 aliphatic carbocycles. The van der Waals surface area contributed by atoms with Gasteiger partial charge in [0.2, 0.25) is 0 Å². The summed E-state index contributed by atoms with van der Waals surface area (Å²) in [6, 6.07) is 5.72. The number of aliphatic hydroxyl groups is 1. The van der Waals surface area contributed by atoms with E-state index in [-0.39, 0.29) is 24.5 Å². The van der Waals surface area contributed by atoms with Gasteiger partial charge in [-0.25, -0.2) is 4.79 Å². The Morgan fingerprint density at radius 3 is 2.75 bits per heavy atom. The van der Waals surface area contributed by atoms with E-state index in [1.807, 2.05) is 39.0 Å². The van der Waals surface area contributed by atoms with E-state index in [0.717, 1.165) is 5.69 Å². The molecule has 2 rings (SSSR count). The van der Waals surface area contributed by atoms with E-state index >= 15 is 0 Å². The van der Waals surface area contributed by atoms with Crippen LogP contribution in [-0.2, 0) is 4.74 Å². The zero-order chi connectivity index (χ0) is 14.8. The summed E-state index contributed by atoms with van der Waals surface area (Å²) < 4.78 is 5.38. The van der Waals surface area contributed by atoms with Crippen molar-refractivity contribution in [2.45, 2.75) is 32.3 Å². The van der Waals surface area contributed by atoms with Crippen molar-refractivity contribution in [3.8, 4) is 0 Å². The highest BCUT2D eigenvalue weighted by Gasteiger charge is 2.38. The van der Waals surface area contributed by atoms with Gasteiger partial charge in [-0.1, -0.05) is 6.07 Å². The van der Waals surface area contributed by atoms with Crippen LogP contribution < -0.4 is 0 Å². The Balaban J connectivity index is 2.08. The zero-order valence-electron chi connectivity index (χ0n) is 12.2. The summed E-state index contributed by atoms with van der Waals surface area (Å²) in [5.41, 5.74) is 0.409. The van der Waals surface area contributed by atoms with Crippen molar-refractivity contribution in [3.05, 3.63) is 30.1 Å². The third kappa shape index (κ3) is 3.48. The van der Waals surface area contributed by atoms with Crippen LogP contribution in [-0.4, -0.2) is 46.4 Å². The molecule has 0 saturated carbocycles. The number of likely N-dealkylation sites (tertiary alicyclic amines) is 1. The van der Waals surface area contributed by atoms with Gasteiger partial charge in [-0.05, 0) is 32.9 Å². The highest BCUT2D eigenvalue weighted by Crippen LogP contribution is 2.32. The molecule has 1 N–H and O–H groups in total. The number of hydrogen-bond acceptors (Lipinski definition) is 4. The van der Waals surface area contributed by atoms with E-state index in [4.69, 9.17) is 4.74 Å². The summed E-state index contributed by atoms with van der Waals surface area (Å²) in [4.78, 5) is 18.1. The van der Waals surface area contributed by atoms with Crippen molar-refractivity contribution < 1.29 is 14.6 Å². The van der Waals surface area contributed by atoms with Crippen molar-refractivity contribution in [2.24, 2.45) is 5.92 Å². The molecule has 1 aromatic heterocycles. The molecule has 1 amide bonds. The van der Waals surface area contributed by atoms with Crippen LogP contribution in [0.5, 0.6) is 0 Å². The molecular weight excluding hydrogens is 256 g/mol. The average molecular weight is 278 g/mol. The number of amides is 1. The van der Waals surface area contributed by atoms with Gasteiger partial charge in [0.25, 0.3) is 0 Å². The smallest absolute Gasteiger partial charge is 0.410 e. The predicted octanol–water partition coefficient (Wildman–Crippen LogP) is 2.02. The molecule has 2 atom stereocenters. The molecule has 5 nitrogen and oxygen atoms in total. The monoisotopic (exact) mass is 278 g/mol. The van der Waals surface area contributed by atoms with Crippen LogP contribution in [0.4, 0.5) is 4.79 Å². The van der Waals surface area contributed by atoms with Gasteiger partial charge in [0, 0.05) is 43.4 Å². The molecule has 5 heteroatoms. The van der Waals surface area contributed by atoms with E-state index in [9.17, 15) is 9.90 Å². The standard InChI is InChI=1S/C15H22N2O3/c1-15(2,3)20-14(19)17-8-11(10-18)12(9-17)13-6-4-5-7-16-13/h4-7,11-12,18H,8-10H2,1-3H3/t11-,12-/m1/s1. The van der Waals surface area contributed by atoms with Crippen LogP contribution in [0, 0.1) is 5.92 Å². The third-order valence-electron chi connectivity index (χ3n) is 3.39. The van der Waals surface area contributed by atoms with Gasteiger partial charge in [0.1, 0.15) is 5.60 Å². The van der Waals surface area contributed by atoms with Crippen molar-refractivity contribution >= 4 is 6.09 Å². The maximum atomic E-state index is 12.1. The molecular formula is C15H22N2O3. The quantitative estimate of drug-likeness (QED) is 0.899. The predicted molar refractivity (Wildman–Crippen MR) is 75.4 cm³/mol. The van der Waals surface area contributed by atoms with E-state index in [0.29, 0.717) is 13.1 Å².